The van der Waals surface area contributed by atoms with Crippen LogP contribution in [0.3, 0.4) is 0 Å². The third-order valence-corrected chi connectivity index (χ3v) is 2.68. The van der Waals surface area contributed by atoms with Gasteiger partial charge in [0, 0.05) is 18.2 Å². The van der Waals surface area contributed by atoms with Crippen molar-refractivity contribution >= 4 is 5.91 Å². The van der Waals surface area contributed by atoms with Crippen LogP contribution < -0.4 is 11.1 Å². The van der Waals surface area contributed by atoms with E-state index in [4.69, 9.17) is 5.73 Å². The van der Waals surface area contributed by atoms with Gasteiger partial charge in [-0.15, -0.1) is 0 Å². The lowest BCUT2D eigenvalue weighted by molar-refractivity contribution is 0.0936. The molecule has 0 bridgehead atoms. The molecule has 0 heterocycles. The minimum Gasteiger partial charge on any atom is -0.348 e. The zero-order valence-electron chi connectivity index (χ0n) is 10.3. The molecule has 0 spiro atoms. The van der Waals surface area contributed by atoms with E-state index in [0.717, 1.165) is 12.8 Å². The molecule has 0 saturated carbocycles. The second kappa shape index (κ2) is 6.35. The molecule has 17 heavy (non-hydrogen) atoms. The largest absolute Gasteiger partial charge is 0.348 e. The minimum absolute atomic E-state index is 0.0159. The zero-order valence-corrected chi connectivity index (χ0v) is 10.3. The zero-order chi connectivity index (χ0) is 12.8. The lowest BCUT2D eigenvalue weighted by atomic mass is 10.1. The fourth-order valence-corrected chi connectivity index (χ4v) is 1.65. The van der Waals surface area contributed by atoms with Crippen molar-refractivity contribution in [2.45, 2.75) is 32.7 Å². The predicted molar refractivity (Wildman–Crippen MR) is 66.4 cm³/mol. The molecule has 0 aliphatic heterocycles. The lowest BCUT2D eigenvalue weighted by Gasteiger charge is -2.16. The van der Waals surface area contributed by atoms with Gasteiger partial charge in [0.05, 0.1) is 0 Å². The second-order valence-electron chi connectivity index (χ2n) is 4.16. The first-order valence-corrected chi connectivity index (χ1v) is 5.85. The highest BCUT2D eigenvalue weighted by atomic mass is 19.1. The molecule has 94 valence electrons. The number of carbonyl (C=O) groups excluding carboxylic acids is 1. The van der Waals surface area contributed by atoms with Crippen LogP contribution >= 0.6 is 0 Å². The molecule has 1 atom stereocenters. The molecule has 0 saturated heterocycles. The van der Waals surface area contributed by atoms with Gasteiger partial charge >= 0.3 is 0 Å². The van der Waals surface area contributed by atoms with Gasteiger partial charge in [0.15, 0.2) is 0 Å². The van der Waals surface area contributed by atoms with Gasteiger partial charge in [0.2, 0.25) is 0 Å². The van der Waals surface area contributed by atoms with Crippen LogP contribution in [0.15, 0.2) is 18.2 Å². The van der Waals surface area contributed by atoms with E-state index in [2.05, 4.69) is 5.32 Å². The average Bonchev–Trinajstić information content (AvgIpc) is 2.31. The number of benzene rings is 1. The Morgan fingerprint density at radius 1 is 1.53 bits per heavy atom. The molecular weight excluding hydrogens is 219 g/mol. The average molecular weight is 238 g/mol. The summed E-state index contributed by atoms with van der Waals surface area (Å²) in [5.41, 5.74) is 6.51. The molecule has 0 aliphatic carbocycles. The van der Waals surface area contributed by atoms with E-state index in [1.54, 1.807) is 13.0 Å². The molecule has 1 unspecified atom stereocenters. The van der Waals surface area contributed by atoms with Gasteiger partial charge in [-0.2, -0.15) is 0 Å². The maximum absolute atomic E-state index is 13.1. The third kappa shape index (κ3) is 3.82. The first-order chi connectivity index (χ1) is 8.08. The van der Waals surface area contributed by atoms with Gasteiger partial charge in [-0.05, 0) is 37.1 Å². The van der Waals surface area contributed by atoms with Crippen LogP contribution in [0.2, 0.25) is 0 Å². The molecule has 0 aliphatic rings. The van der Waals surface area contributed by atoms with E-state index < -0.39 is 0 Å². The highest BCUT2D eigenvalue weighted by molar-refractivity contribution is 5.94. The summed E-state index contributed by atoms with van der Waals surface area (Å²) < 4.78 is 13.1. The summed E-state index contributed by atoms with van der Waals surface area (Å²) in [7, 11) is 0. The maximum Gasteiger partial charge on any atom is 0.251 e. The van der Waals surface area contributed by atoms with Crippen molar-refractivity contribution < 1.29 is 9.18 Å². The number of halogens is 1. The predicted octanol–water partition coefficient (Wildman–Crippen LogP) is 1.99. The number of nitrogens with two attached hydrogens (primary N) is 1. The Bertz CT molecular complexity index is 393. The number of amides is 1. The summed E-state index contributed by atoms with van der Waals surface area (Å²) in [5, 5.41) is 2.84. The Morgan fingerprint density at radius 3 is 2.76 bits per heavy atom. The van der Waals surface area contributed by atoms with Gasteiger partial charge in [0.1, 0.15) is 5.82 Å². The van der Waals surface area contributed by atoms with Crippen molar-refractivity contribution in [2.24, 2.45) is 5.73 Å². The number of carbonyl (C=O) groups is 1. The number of aryl methyl sites for hydroxylation is 1. The summed E-state index contributed by atoms with van der Waals surface area (Å²) >= 11 is 0. The van der Waals surface area contributed by atoms with Crippen molar-refractivity contribution in [2.75, 3.05) is 6.54 Å². The Labute approximate surface area is 101 Å². The van der Waals surface area contributed by atoms with Gasteiger partial charge in [0.25, 0.3) is 5.91 Å². The van der Waals surface area contributed by atoms with Crippen LogP contribution in [0.1, 0.15) is 35.7 Å². The second-order valence-corrected chi connectivity index (χ2v) is 4.16. The molecule has 1 aromatic carbocycles. The number of hydrogen-bond donors (Lipinski definition) is 2. The van der Waals surface area contributed by atoms with Crippen LogP contribution in [0.5, 0.6) is 0 Å². The summed E-state index contributed by atoms with van der Waals surface area (Å²) in [6.07, 6.45) is 1.81. The third-order valence-electron chi connectivity index (χ3n) is 2.68. The molecule has 1 rings (SSSR count). The van der Waals surface area contributed by atoms with Crippen LogP contribution in [0, 0.1) is 12.7 Å². The van der Waals surface area contributed by atoms with Crippen molar-refractivity contribution in [1.82, 2.24) is 5.32 Å². The monoisotopic (exact) mass is 238 g/mol. The number of nitrogens with one attached hydrogen (secondary N) is 1. The summed E-state index contributed by atoms with van der Waals surface area (Å²) in [5.74, 6) is -0.498. The first-order valence-electron chi connectivity index (χ1n) is 5.85. The van der Waals surface area contributed by atoms with Gasteiger partial charge < -0.3 is 11.1 Å². The number of hydrogen-bond acceptors (Lipinski definition) is 2. The normalized spacial score (nSPS) is 12.2. The van der Waals surface area contributed by atoms with Crippen LogP contribution in [0.25, 0.3) is 0 Å². The Hall–Kier alpha value is -1.42. The van der Waals surface area contributed by atoms with Gasteiger partial charge in [-0.1, -0.05) is 13.3 Å². The fraction of sp³-hybridized carbons (Fsp3) is 0.462. The Kier molecular flexibility index (Phi) is 5.10. The molecule has 0 radical (unpaired) electrons. The van der Waals surface area contributed by atoms with Crippen molar-refractivity contribution in [1.29, 1.82) is 0 Å². The highest BCUT2D eigenvalue weighted by Gasteiger charge is 2.12. The number of rotatable bonds is 5. The molecular formula is C13H19FN2O. The summed E-state index contributed by atoms with van der Waals surface area (Å²) in [6, 6.07) is 4.32. The molecule has 1 amide bonds. The van der Waals surface area contributed by atoms with Crippen molar-refractivity contribution in [3.05, 3.63) is 35.1 Å². The van der Waals surface area contributed by atoms with Crippen LogP contribution in [0.4, 0.5) is 4.39 Å². The van der Waals surface area contributed by atoms with Crippen molar-refractivity contribution in [3.8, 4) is 0 Å². The molecule has 0 fully saturated rings. The quantitative estimate of drug-likeness (QED) is 0.824. The molecule has 0 aromatic heterocycles. The first kappa shape index (κ1) is 13.6. The highest BCUT2D eigenvalue weighted by Crippen LogP contribution is 2.09. The van der Waals surface area contributed by atoms with E-state index in [1.807, 2.05) is 6.92 Å². The minimum atomic E-state index is -0.300. The molecule has 3 N–H and O–H groups in total. The van der Waals surface area contributed by atoms with Crippen LogP contribution in [-0.4, -0.2) is 18.5 Å². The van der Waals surface area contributed by atoms with E-state index in [-0.39, 0.29) is 17.8 Å². The smallest absolute Gasteiger partial charge is 0.251 e. The maximum atomic E-state index is 13.1. The standard InChI is InChI=1S/C13H19FN2O/c1-3-4-11(8-15)16-13(17)10-5-6-12(14)9(2)7-10/h5-7,11H,3-4,8,15H2,1-2H3,(H,16,17). The topological polar surface area (TPSA) is 55.1 Å². The van der Waals surface area contributed by atoms with E-state index in [1.165, 1.54) is 12.1 Å². The Balaban J connectivity index is 2.72. The molecule has 3 nitrogen and oxygen atoms in total. The van der Waals surface area contributed by atoms with Gasteiger partial charge in [-0.25, -0.2) is 4.39 Å². The van der Waals surface area contributed by atoms with Crippen molar-refractivity contribution in [3.63, 3.8) is 0 Å². The van der Waals surface area contributed by atoms with E-state index in [9.17, 15) is 9.18 Å². The summed E-state index contributed by atoms with van der Waals surface area (Å²) in [6.45, 7) is 4.09. The van der Waals surface area contributed by atoms with E-state index in [0.29, 0.717) is 17.7 Å². The van der Waals surface area contributed by atoms with E-state index >= 15 is 0 Å². The van der Waals surface area contributed by atoms with Gasteiger partial charge in [-0.3, -0.25) is 4.79 Å². The lowest BCUT2D eigenvalue weighted by Crippen LogP contribution is -2.40. The Morgan fingerprint density at radius 2 is 2.24 bits per heavy atom. The summed E-state index contributed by atoms with van der Waals surface area (Å²) in [4.78, 5) is 11.9. The van der Waals surface area contributed by atoms with Crippen LogP contribution in [-0.2, 0) is 0 Å². The SMILES string of the molecule is CCCC(CN)NC(=O)c1ccc(F)c(C)c1. The molecule has 4 heteroatoms. The fourth-order valence-electron chi connectivity index (χ4n) is 1.65. The molecule has 1 aromatic rings.